The molecular weight excluding hydrogens is 883 g/mol. The van der Waals surface area contributed by atoms with Crippen molar-refractivity contribution in [2.24, 2.45) is 26.2 Å². The second-order valence-corrected chi connectivity index (χ2v) is 14.1. The molecule has 0 bridgehead atoms. The van der Waals surface area contributed by atoms with Gasteiger partial charge in [-0.15, -0.1) is 20.5 Å². The zero-order chi connectivity index (χ0) is 41.4. The first-order valence-electron chi connectivity index (χ1n) is 16.9. The molecule has 7 rings (SSSR count). The van der Waals surface area contributed by atoms with Crippen LogP contribution in [0.4, 0.5) is 34.1 Å². The summed E-state index contributed by atoms with van der Waals surface area (Å²) in [5.74, 6) is -1.23. The van der Waals surface area contributed by atoms with E-state index in [4.69, 9.17) is 52.1 Å². The van der Waals surface area contributed by atoms with Crippen molar-refractivity contribution in [3.8, 4) is 23.0 Å². The van der Waals surface area contributed by atoms with Crippen LogP contribution in [0.5, 0.6) is 23.0 Å². The van der Waals surface area contributed by atoms with E-state index >= 15 is 0 Å². The molecule has 0 heterocycles. The molecule has 6 aromatic rings. The summed E-state index contributed by atoms with van der Waals surface area (Å²) < 4.78 is 0. The largest absolute Gasteiger partial charge is 1.00 e. The molecule has 1 fully saturated rings. The van der Waals surface area contributed by atoms with Crippen LogP contribution in [-0.4, -0.2) is 36.3 Å². The van der Waals surface area contributed by atoms with Crippen LogP contribution in [-0.2, 0) is 16.8 Å². The zero-order valence-electron chi connectivity index (χ0n) is 30.7. The standard InChI is InChI=1S/2C16H9Cl2N3O4.C6H13N.Co/c2*17-10-3-4-11(18)15-9(10)2-6-13(16(15)23)20-19-12-5-1-8(21(24)25)7-14(12)22;7-6-4-2-1-3-5-6;/h2*1-7,22-23H;6H,1-5,7H2;/p+1. The fraction of sp³-hybridized carbons (Fsp3) is 0.158. The van der Waals surface area contributed by atoms with E-state index in [1.54, 1.807) is 36.4 Å². The normalized spacial score (nSPS) is 12.8. The van der Waals surface area contributed by atoms with Crippen LogP contribution in [0.2, 0.25) is 20.1 Å². The predicted octanol–water partition coefficient (Wildman–Crippen LogP) is 13.2. The number of hydrogen-bond donors (Lipinski definition) is 5. The molecular formula is C38H32Cl4CoN7O8+. The van der Waals surface area contributed by atoms with Crippen LogP contribution in [0.1, 0.15) is 33.5 Å². The minimum absolute atomic E-state index is 0. The number of rotatable bonds is 6. The van der Waals surface area contributed by atoms with Gasteiger partial charge in [0.05, 0.1) is 32.0 Å². The minimum atomic E-state index is -0.637. The van der Waals surface area contributed by atoms with E-state index in [-0.39, 0.29) is 63.8 Å². The number of nitrogens with zero attached hydrogens (tertiary/aromatic N) is 6. The maximum Gasteiger partial charge on any atom is 1.00 e. The summed E-state index contributed by atoms with van der Waals surface area (Å²) in [6.45, 7) is 0. The number of nitro groups is 2. The van der Waals surface area contributed by atoms with Crippen molar-refractivity contribution in [1.82, 2.24) is 0 Å². The minimum Gasteiger partial charge on any atom is -0.505 e. The summed E-state index contributed by atoms with van der Waals surface area (Å²) in [7, 11) is 0. The van der Waals surface area contributed by atoms with Crippen LogP contribution in [0, 0.1) is 20.2 Å². The Morgan fingerprint density at radius 1 is 0.552 bits per heavy atom. The van der Waals surface area contributed by atoms with Crippen molar-refractivity contribution in [3.05, 3.63) is 125 Å². The van der Waals surface area contributed by atoms with Crippen molar-refractivity contribution in [1.29, 1.82) is 0 Å². The first kappa shape index (κ1) is 45.4. The fourth-order valence-corrected chi connectivity index (χ4v) is 6.56. The van der Waals surface area contributed by atoms with E-state index in [0.29, 0.717) is 47.7 Å². The number of phenols is 4. The van der Waals surface area contributed by atoms with E-state index in [1.165, 1.54) is 68.5 Å². The summed E-state index contributed by atoms with van der Waals surface area (Å²) in [5, 5.41) is 80.2. The Bertz CT molecular complexity index is 2400. The Labute approximate surface area is 361 Å². The number of nitrogens with two attached hydrogens (primary N) is 1. The number of halogens is 4. The number of phenolic OH excluding ortho intramolecular Hbond substituents is 4. The number of azo groups is 2. The molecule has 0 amide bonds. The van der Waals surface area contributed by atoms with Gasteiger partial charge in [0, 0.05) is 66.5 Å². The number of nitro benzene ring substituents is 2. The molecule has 1 aliphatic carbocycles. The Kier molecular flexibility index (Phi) is 15.9. The number of benzene rings is 6. The van der Waals surface area contributed by atoms with Gasteiger partial charge >= 0.3 is 1.43 Å². The van der Waals surface area contributed by atoms with Gasteiger partial charge in [-0.3, -0.25) is 20.2 Å². The third-order valence-electron chi connectivity index (χ3n) is 8.58. The van der Waals surface area contributed by atoms with Gasteiger partial charge in [-0.2, -0.15) is 0 Å². The number of non-ortho nitro benzene ring substituents is 2. The van der Waals surface area contributed by atoms with Crippen molar-refractivity contribution in [3.63, 3.8) is 0 Å². The third kappa shape index (κ3) is 11.0. The molecule has 0 saturated heterocycles. The van der Waals surface area contributed by atoms with Crippen LogP contribution >= 0.6 is 46.4 Å². The maximum absolute atomic E-state index is 10.7. The summed E-state index contributed by atoms with van der Waals surface area (Å²) in [5.41, 5.74) is 5.33. The number of aromatic hydroxyl groups is 4. The van der Waals surface area contributed by atoms with Crippen molar-refractivity contribution >= 4 is 102 Å². The van der Waals surface area contributed by atoms with Gasteiger partial charge in [-0.25, -0.2) is 0 Å². The molecule has 6 aromatic carbocycles. The van der Waals surface area contributed by atoms with E-state index in [1.807, 2.05) is 0 Å². The molecule has 303 valence electrons. The Morgan fingerprint density at radius 2 is 0.897 bits per heavy atom. The SMILES string of the molecule is NC1CCCCC1.O=[N+]([O-])c1ccc(N=Nc2ccc3c(Cl)ccc(Cl)c3c2O)c(O)c1.O=[N+]([O-])c1ccc(N=Nc2ccc3c(Cl)ccc(Cl)c3c2O)c(O)c1.[Co].[H+]. The molecule has 0 spiro atoms. The van der Waals surface area contributed by atoms with Gasteiger partial charge in [0.15, 0.2) is 11.5 Å². The zero-order valence-corrected chi connectivity index (χ0v) is 33.8. The first-order chi connectivity index (χ1) is 27.2. The molecule has 0 aromatic heterocycles. The topological polar surface area (TPSA) is 243 Å². The molecule has 1 saturated carbocycles. The molecule has 15 nitrogen and oxygen atoms in total. The Hall–Kier alpha value is -5.33. The molecule has 58 heavy (non-hydrogen) atoms. The Morgan fingerprint density at radius 3 is 1.22 bits per heavy atom. The molecule has 6 N–H and O–H groups in total. The molecule has 0 atom stereocenters. The first-order valence-corrected chi connectivity index (χ1v) is 18.4. The summed E-state index contributed by atoms with van der Waals surface area (Å²) in [6, 6.07) is 19.9. The predicted molar refractivity (Wildman–Crippen MR) is 221 cm³/mol. The summed E-state index contributed by atoms with van der Waals surface area (Å²) in [4.78, 5) is 20.0. The average molecular weight is 915 g/mol. The van der Waals surface area contributed by atoms with Gasteiger partial charge in [-0.05, 0) is 61.4 Å². The quantitative estimate of drug-likeness (QED) is 0.0605. The molecule has 1 aliphatic rings. The molecule has 20 heteroatoms. The molecule has 0 unspecified atom stereocenters. The van der Waals surface area contributed by atoms with Crippen molar-refractivity contribution in [2.75, 3.05) is 0 Å². The average Bonchev–Trinajstić information content (AvgIpc) is 3.18. The van der Waals surface area contributed by atoms with Crippen LogP contribution in [0.25, 0.3) is 21.5 Å². The van der Waals surface area contributed by atoms with Crippen LogP contribution < -0.4 is 5.73 Å². The van der Waals surface area contributed by atoms with Gasteiger partial charge in [0.1, 0.15) is 34.2 Å². The maximum atomic E-state index is 10.7. The molecule has 1 radical (unpaired) electrons. The second-order valence-electron chi connectivity index (χ2n) is 12.4. The summed E-state index contributed by atoms with van der Waals surface area (Å²) in [6.07, 6.45) is 6.66. The fourth-order valence-electron chi connectivity index (χ4n) is 5.61. The number of fused-ring (bicyclic) bond motifs is 2. The van der Waals surface area contributed by atoms with Gasteiger partial charge < -0.3 is 26.2 Å². The second kappa shape index (κ2) is 20.4. The smallest absolute Gasteiger partial charge is 0.505 e. The van der Waals surface area contributed by atoms with Gasteiger partial charge in [0.25, 0.3) is 11.4 Å². The number of hydrogen-bond acceptors (Lipinski definition) is 13. The van der Waals surface area contributed by atoms with E-state index in [9.17, 15) is 40.7 Å². The van der Waals surface area contributed by atoms with Gasteiger partial charge in [-0.1, -0.05) is 77.8 Å². The third-order valence-corrected chi connectivity index (χ3v) is 9.87. The van der Waals surface area contributed by atoms with E-state index in [2.05, 4.69) is 20.5 Å². The Balaban J connectivity index is 0.000000263. The molecule has 0 aliphatic heterocycles. The van der Waals surface area contributed by atoms with Crippen molar-refractivity contribution < 1.29 is 48.5 Å². The van der Waals surface area contributed by atoms with E-state index in [0.717, 1.165) is 12.1 Å². The summed E-state index contributed by atoms with van der Waals surface area (Å²) >= 11 is 24.4. The van der Waals surface area contributed by atoms with E-state index < -0.39 is 21.3 Å². The van der Waals surface area contributed by atoms with Crippen LogP contribution in [0.3, 0.4) is 0 Å². The monoisotopic (exact) mass is 913 g/mol. The van der Waals surface area contributed by atoms with Crippen LogP contribution in [0.15, 0.2) is 105 Å². The van der Waals surface area contributed by atoms with Crippen molar-refractivity contribution in [2.45, 2.75) is 38.1 Å². The van der Waals surface area contributed by atoms with Gasteiger partial charge in [0.2, 0.25) is 0 Å².